The molecule has 1 aliphatic heterocycles. The number of nitrogens with one attached hydrogen (secondary N) is 1. The molecule has 21 heavy (non-hydrogen) atoms. The van der Waals surface area contributed by atoms with Crippen LogP contribution in [0.1, 0.15) is 51.6 Å². The summed E-state index contributed by atoms with van der Waals surface area (Å²) in [5.74, 6) is 0.353. The summed E-state index contributed by atoms with van der Waals surface area (Å²) in [5, 5.41) is 3.29. The Morgan fingerprint density at radius 2 is 2.24 bits per heavy atom. The fourth-order valence-corrected chi connectivity index (χ4v) is 2.62. The largest absolute Gasteiger partial charge is 0.491 e. The Morgan fingerprint density at radius 1 is 1.43 bits per heavy atom. The highest BCUT2D eigenvalue weighted by Gasteiger charge is 2.22. The molecule has 3 unspecified atom stereocenters. The van der Waals surface area contributed by atoms with Crippen molar-refractivity contribution in [1.82, 2.24) is 5.32 Å². The fraction of sp³-hybridized carbons (Fsp3) is 0.647. The summed E-state index contributed by atoms with van der Waals surface area (Å²) in [7, 11) is 0. The molecule has 0 amide bonds. The van der Waals surface area contributed by atoms with Gasteiger partial charge in [-0.1, -0.05) is 13.0 Å². The van der Waals surface area contributed by atoms with Crippen LogP contribution in [0, 0.1) is 5.82 Å². The molecule has 0 saturated carbocycles. The number of hydrogen-bond acceptors (Lipinski definition) is 3. The first-order valence-corrected chi connectivity index (χ1v) is 7.91. The molecule has 2 rings (SSSR count). The van der Waals surface area contributed by atoms with E-state index in [4.69, 9.17) is 9.47 Å². The Balaban J connectivity index is 1.89. The predicted octanol–water partition coefficient (Wildman–Crippen LogP) is 3.83. The van der Waals surface area contributed by atoms with Crippen molar-refractivity contribution in [3.63, 3.8) is 0 Å². The van der Waals surface area contributed by atoms with Gasteiger partial charge in [-0.2, -0.15) is 0 Å². The minimum absolute atomic E-state index is 0.0121. The van der Waals surface area contributed by atoms with Crippen LogP contribution in [0.25, 0.3) is 0 Å². The third-order valence-corrected chi connectivity index (χ3v) is 3.89. The van der Waals surface area contributed by atoms with Crippen LogP contribution in [0.5, 0.6) is 5.75 Å². The second-order valence-corrected chi connectivity index (χ2v) is 5.82. The summed E-state index contributed by atoms with van der Waals surface area (Å²) in [5.41, 5.74) is 0.682. The summed E-state index contributed by atoms with van der Waals surface area (Å²) in [6.07, 6.45) is 3.56. The van der Waals surface area contributed by atoms with Crippen molar-refractivity contribution in [3.8, 4) is 5.75 Å². The van der Waals surface area contributed by atoms with Gasteiger partial charge in [0.1, 0.15) is 18.2 Å². The number of halogens is 1. The molecule has 0 radical (unpaired) electrons. The maximum atomic E-state index is 14.1. The molecule has 1 saturated heterocycles. The lowest BCUT2D eigenvalue weighted by Gasteiger charge is -2.16. The molecule has 0 bridgehead atoms. The Hall–Kier alpha value is -1.13. The maximum absolute atomic E-state index is 14.1. The Morgan fingerprint density at radius 3 is 2.86 bits per heavy atom. The van der Waals surface area contributed by atoms with Crippen molar-refractivity contribution < 1.29 is 13.9 Å². The summed E-state index contributed by atoms with van der Waals surface area (Å²) in [4.78, 5) is 0. The number of rotatable bonds is 7. The SMILES string of the molecule is CCCNC(C)c1ccc(OCC2CCC(C)O2)cc1F. The zero-order valence-electron chi connectivity index (χ0n) is 13.2. The summed E-state index contributed by atoms with van der Waals surface area (Å²) >= 11 is 0. The highest BCUT2D eigenvalue weighted by atomic mass is 19.1. The van der Waals surface area contributed by atoms with Crippen molar-refractivity contribution >= 4 is 0 Å². The van der Waals surface area contributed by atoms with E-state index in [1.54, 1.807) is 6.07 Å². The lowest BCUT2D eigenvalue weighted by molar-refractivity contribution is 0.0264. The van der Waals surface area contributed by atoms with Crippen LogP contribution >= 0.6 is 0 Å². The standard InChI is InChI=1S/C17H26FNO2/c1-4-9-19-13(3)16-8-7-14(10-17(16)18)20-11-15-6-5-12(2)21-15/h7-8,10,12-13,15,19H,4-6,9,11H2,1-3H3. The molecule has 1 aliphatic rings. The van der Waals surface area contributed by atoms with Gasteiger partial charge in [-0.05, 0) is 45.7 Å². The van der Waals surface area contributed by atoms with E-state index in [9.17, 15) is 4.39 Å². The number of ether oxygens (including phenoxy) is 2. The van der Waals surface area contributed by atoms with Gasteiger partial charge in [-0.3, -0.25) is 0 Å². The van der Waals surface area contributed by atoms with Gasteiger partial charge in [0.05, 0.1) is 12.2 Å². The monoisotopic (exact) mass is 295 g/mol. The maximum Gasteiger partial charge on any atom is 0.131 e. The Labute approximate surface area is 126 Å². The first-order chi connectivity index (χ1) is 10.1. The van der Waals surface area contributed by atoms with Crippen LogP contribution in [0.3, 0.4) is 0 Å². The summed E-state index contributed by atoms with van der Waals surface area (Å²) in [6, 6.07) is 5.12. The molecule has 0 aliphatic carbocycles. The lowest BCUT2D eigenvalue weighted by atomic mass is 10.1. The van der Waals surface area contributed by atoms with Crippen LogP contribution in [0.2, 0.25) is 0 Å². The second kappa shape index (κ2) is 7.76. The van der Waals surface area contributed by atoms with Crippen LogP contribution in [0.15, 0.2) is 18.2 Å². The molecule has 0 spiro atoms. The van der Waals surface area contributed by atoms with Crippen LogP contribution in [-0.4, -0.2) is 25.4 Å². The molecular weight excluding hydrogens is 269 g/mol. The zero-order valence-corrected chi connectivity index (χ0v) is 13.2. The molecule has 1 N–H and O–H groups in total. The van der Waals surface area contributed by atoms with Gasteiger partial charge in [0.25, 0.3) is 0 Å². The quantitative estimate of drug-likeness (QED) is 0.829. The molecule has 0 aromatic heterocycles. The molecule has 1 fully saturated rings. The third kappa shape index (κ3) is 4.68. The molecule has 1 heterocycles. The summed E-state index contributed by atoms with van der Waals surface area (Å²) < 4.78 is 25.5. The van der Waals surface area contributed by atoms with E-state index >= 15 is 0 Å². The number of benzene rings is 1. The highest BCUT2D eigenvalue weighted by Crippen LogP contribution is 2.24. The normalized spacial score (nSPS) is 23.2. The topological polar surface area (TPSA) is 30.5 Å². The van der Waals surface area contributed by atoms with Crippen molar-refractivity contribution in [2.45, 2.75) is 58.3 Å². The van der Waals surface area contributed by atoms with Crippen LogP contribution in [0.4, 0.5) is 4.39 Å². The van der Waals surface area contributed by atoms with Crippen molar-refractivity contribution in [1.29, 1.82) is 0 Å². The molecule has 3 nitrogen and oxygen atoms in total. The molecule has 118 valence electrons. The first kappa shape index (κ1) is 16.2. The van der Waals surface area contributed by atoms with Gasteiger partial charge in [-0.15, -0.1) is 0 Å². The van der Waals surface area contributed by atoms with E-state index in [1.807, 2.05) is 13.0 Å². The Bertz CT molecular complexity index is 452. The van der Waals surface area contributed by atoms with E-state index < -0.39 is 0 Å². The van der Waals surface area contributed by atoms with Crippen LogP contribution < -0.4 is 10.1 Å². The smallest absolute Gasteiger partial charge is 0.131 e. The number of hydrogen-bond donors (Lipinski definition) is 1. The second-order valence-electron chi connectivity index (χ2n) is 5.82. The highest BCUT2D eigenvalue weighted by molar-refractivity contribution is 5.30. The first-order valence-electron chi connectivity index (χ1n) is 7.91. The fourth-order valence-electron chi connectivity index (χ4n) is 2.62. The molecule has 4 heteroatoms. The van der Waals surface area contributed by atoms with Crippen LogP contribution in [-0.2, 0) is 4.74 Å². The molecular formula is C17H26FNO2. The van der Waals surface area contributed by atoms with Crippen molar-refractivity contribution in [2.75, 3.05) is 13.2 Å². The van der Waals surface area contributed by atoms with Gasteiger partial charge in [0, 0.05) is 17.7 Å². The lowest BCUT2D eigenvalue weighted by Crippen LogP contribution is -2.20. The van der Waals surface area contributed by atoms with Gasteiger partial charge >= 0.3 is 0 Å². The molecule has 1 aromatic rings. The van der Waals surface area contributed by atoms with E-state index in [1.165, 1.54) is 6.07 Å². The molecule has 1 aromatic carbocycles. The van der Waals surface area contributed by atoms with Gasteiger partial charge in [0.2, 0.25) is 0 Å². The zero-order chi connectivity index (χ0) is 15.2. The molecule has 3 atom stereocenters. The van der Waals surface area contributed by atoms with E-state index in [0.717, 1.165) is 25.8 Å². The van der Waals surface area contributed by atoms with Gasteiger partial charge in [0.15, 0.2) is 0 Å². The summed E-state index contributed by atoms with van der Waals surface area (Å²) in [6.45, 7) is 7.52. The van der Waals surface area contributed by atoms with Crippen molar-refractivity contribution in [3.05, 3.63) is 29.6 Å². The third-order valence-electron chi connectivity index (χ3n) is 3.89. The van der Waals surface area contributed by atoms with Gasteiger partial charge in [-0.25, -0.2) is 4.39 Å². The average molecular weight is 295 g/mol. The van der Waals surface area contributed by atoms with E-state index in [2.05, 4.69) is 19.2 Å². The minimum Gasteiger partial charge on any atom is -0.491 e. The van der Waals surface area contributed by atoms with Crippen molar-refractivity contribution in [2.24, 2.45) is 0 Å². The predicted molar refractivity (Wildman–Crippen MR) is 82.2 cm³/mol. The Kier molecular flexibility index (Phi) is 6.00. The van der Waals surface area contributed by atoms with Gasteiger partial charge < -0.3 is 14.8 Å². The van der Waals surface area contributed by atoms with E-state index in [-0.39, 0.29) is 18.0 Å². The average Bonchev–Trinajstić information content (AvgIpc) is 2.88. The minimum atomic E-state index is -0.218. The van der Waals surface area contributed by atoms with E-state index in [0.29, 0.717) is 24.0 Å².